The fraction of sp³-hybridized carbons (Fsp3) is 0.300. The first-order valence-electron chi connectivity index (χ1n) is 5.64. The van der Waals surface area contributed by atoms with Crippen LogP contribution in [0, 0.1) is 0 Å². The van der Waals surface area contributed by atoms with E-state index in [-0.39, 0.29) is 0 Å². The van der Waals surface area contributed by atoms with Gasteiger partial charge in [-0.05, 0) is 6.42 Å². The maximum absolute atomic E-state index is 6.01. The SMILES string of the molecule is Clc1cnc2nc1NCCCOc1n[nH]c(Cl)c1N2. The van der Waals surface area contributed by atoms with Crippen molar-refractivity contribution in [1.82, 2.24) is 20.2 Å². The number of nitrogens with zero attached hydrogens (tertiary/aromatic N) is 3. The Balaban J connectivity index is 2.01. The van der Waals surface area contributed by atoms with Gasteiger partial charge in [-0.2, -0.15) is 4.98 Å². The third-order valence-corrected chi connectivity index (χ3v) is 3.07. The van der Waals surface area contributed by atoms with Crippen LogP contribution < -0.4 is 15.4 Å². The molecule has 0 fully saturated rings. The van der Waals surface area contributed by atoms with Crippen molar-refractivity contribution < 1.29 is 4.74 Å². The van der Waals surface area contributed by atoms with Crippen LogP contribution >= 0.6 is 23.2 Å². The molecule has 19 heavy (non-hydrogen) atoms. The Labute approximate surface area is 118 Å². The minimum absolute atomic E-state index is 0.335. The van der Waals surface area contributed by atoms with Gasteiger partial charge >= 0.3 is 0 Å². The zero-order chi connectivity index (χ0) is 13.2. The average molecular weight is 301 g/mol. The number of hydrogen-bond acceptors (Lipinski definition) is 6. The first-order valence-corrected chi connectivity index (χ1v) is 6.40. The van der Waals surface area contributed by atoms with E-state index in [1.165, 1.54) is 6.20 Å². The topological polar surface area (TPSA) is 87.8 Å². The third kappa shape index (κ3) is 2.52. The van der Waals surface area contributed by atoms with Crippen LogP contribution in [0.25, 0.3) is 0 Å². The molecule has 0 amide bonds. The summed E-state index contributed by atoms with van der Waals surface area (Å²) in [5, 5.41) is 13.5. The summed E-state index contributed by atoms with van der Waals surface area (Å²) < 4.78 is 5.53. The lowest BCUT2D eigenvalue weighted by molar-refractivity contribution is 0.304. The van der Waals surface area contributed by atoms with E-state index < -0.39 is 0 Å². The zero-order valence-corrected chi connectivity index (χ0v) is 11.2. The molecule has 1 aliphatic rings. The predicted octanol–water partition coefficient (Wildman–Crippen LogP) is 2.44. The monoisotopic (exact) mass is 300 g/mol. The normalized spacial score (nSPS) is 14.4. The number of fused-ring (bicyclic) bond motifs is 3. The molecule has 7 nitrogen and oxygen atoms in total. The highest BCUT2D eigenvalue weighted by atomic mass is 35.5. The Kier molecular flexibility index (Phi) is 3.31. The number of rotatable bonds is 0. The predicted molar refractivity (Wildman–Crippen MR) is 72.5 cm³/mol. The van der Waals surface area contributed by atoms with Crippen LogP contribution in [-0.4, -0.2) is 33.3 Å². The van der Waals surface area contributed by atoms with E-state index in [0.29, 0.717) is 46.7 Å². The molecule has 2 aromatic heterocycles. The van der Waals surface area contributed by atoms with Crippen LogP contribution in [0.15, 0.2) is 6.20 Å². The molecule has 3 N–H and O–H groups in total. The fourth-order valence-electron chi connectivity index (χ4n) is 1.63. The Morgan fingerprint density at radius 2 is 2.21 bits per heavy atom. The van der Waals surface area contributed by atoms with E-state index >= 15 is 0 Å². The van der Waals surface area contributed by atoms with Crippen molar-refractivity contribution in [1.29, 1.82) is 0 Å². The van der Waals surface area contributed by atoms with Gasteiger partial charge < -0.3 is 15.4 Å². The number of aromatic amines is 1. The molecule has 3 heterocycles. The van der Waals surface area contributed by atoms with Crippen molar-refractivity contribution in [2.75, 3.05) is 23.8 Å². The van der Waals surface area contributed by atoms with Gasteiger partial charge in [0.2, 0.25) is 5.95 Å². The summed E-state index contributed by atoms with van der Waals surface area (Å²) in [7, 11) is 0. The number of hydrogen-bond donors (Lipinski definition) is 3. The van der Waals surface area contributed by atoms with Crippen LogP contribution in [0.4, 0.5) is 17.5 Å². The van der Waals surface area contributed by atoms with Gasteiger partial charge in [0.05, 0.1) is 12.8 Å². The van der Waals surface area contributed by atoms with Crippen LogP contribution in [0.2, 0.25) is 10.2 Å². The lowest BCUT2D eigenvalue weighted by Crippen LogP contribution is -2.08. The van der Waals surface area contributed by atoms with Crippen molar-refractivity contribution in [3.8, 4) is 5.88 Å². The molecule has 0 atom stereocenters. The van der Waals surface area contributed by atoms with Gasteiger partial charge in [0.15, 0.2) is 11.0 Å². The summed E-state index contributed by atoms with van der Waals surface area (Å²) in [6.07, 6.45) is 2.30. The van der Waals surface area contributed by atoms with Gasteiger partial charge in [0.1, 0.15) is 10.7 Å². The van der Waals surface area contributed by atoms with Crippen molar-refractivity contribution in [2.24, 2.45) is 0 Å². The second-order valence-corrected chi connectivity index (χ2v) is 4.65. The summed E-state index contributed by atoms with van der Waals surface area (Å²) in [6, 6.07) is 0. The van der Waals surface area contributed by atoms with Crippen molar-refractivity contribution in [3.63, 3.8) is 0 Å². The third-order valence-electron chi connectivity index (χ3n) is 2.52. The van der Waals surface area contributed by atoms with Gasteiger partial charge in [0.25, 0.3) is 5.88 Å². The zero-order valence-electron chi connectivity index (χ0n) is 9.70. The minimum atomic E-state index is 0.335. The molecular weight excluding hydrogens is 291 g/mol. The smallest absolute Gasteiger partial charge is 0.258 e. The molecule has 0 radical (unpaired) electrons. The highest BCUT2D eigenvalue weighted by Gasteiger charge is 2.16. The van der Waals surface area contributed by atoms with Gasteiger partial charge in [-0.15, -0.1) is 5.10 Å². The second-order valence-electron chi connectivity index (χ2n) is 3.86. The molecule has 0 aromatic carbocycles. The highest BCUT2D eigenvalue weighted by molar-refractivity contribution is 6.33. The molecule has 1 aliphatic heterocycles. The molecule has 0 saturated carbocycles. The van der Waals surface area contributed by atoms with Crippen molar-refractivity contribution in [2.45, 2.75) is 6.42 Å². The average Bonchev–Trinajstić information content (AvgIpc) is 2.72. The van der Waals surface area contributed by atoms with Crippen LogP contribution in [-0.2, 0) is 0 Å². The summed E-state index contributed by atoms with van der Waals surface area (Å²) in [5.41, 5.74) is 0.511. The highest BCUT2D eigenvalue weighted by Crippen LogP contribution is 2.32. The van der Waals surface area contributed by atoms with E-state index in [1.807, 2.05) is 0 Å². The molecule has 0 aliphatic carbocycles. The summed E-state index contributed by atoms with van der Waals surface area (Å²) >= 11 is 12.0. The summed E-state index contributed by atoms with van der Waals surface area (Å²) in [6.45, 7) is 1.19. The van der Waals surface area contributed by atoms with E-state index in [0.717, 1.165) is 6.42 Å². The largest absolute Gasteiger partial charge is 0.475 e. The van der Waals surface area contributed by atoms with E-state index in [9.17, 15) is 0 Å². The number of nitrogens with one attached hydrogen (secondary N) is 3. The van der Waals surface area contributed by atoms with Gasteiger partial charge in [-0.1, -0.05) is 23.2 Å². The molecular formula is C10H10Cl2N6O. The van der Waals surface area contributed by atoms with E-state index in [1.54, 1.807) is 0 Å². The molecule has 2 bridgehead atoms. The lowest BCUT2D eigenvalue weighted by atomic mass is 10.4. The number of H-pyrrole nitrogens is 1. The summed E-state index contributed by atoms with van der Waals surface area (Å²) in [4.78, 5) is 8.36. The van der Waals surface area contributed by atoms with Crippen molar-refractivity contribution >= 4 is 40.7 Å². The standard InChI is InChI=1S/C10H10Cl2N6O/c11-5-4-14-10-15-6-7(12)17-18-9(6)19-3-1-2-13-8(5)16-10/h4H,1-3H2,(H,17,18)(H2,13,14,15,16). The number of ether oxygens (including phenoxy) is 1. The first-order chi connectivity index (χ1) is 9.24. The molecule has 100 valence electrons. The van der Waals surface area contributed by atoms with Gasteiger partial charge in [0, 0.05) is 6.54 Å². The van der Waals surface area contributed by atoms with E-state index in [2.05, 4.69) is 30.8 Å². The maximum Gasteiger partial charge on any atom is 0.258 e. The second kappa shape index (κ2) is 5.10. The fourth-order valence-corrected chi connectivity index (χ4v) is 1.96. The number of anilines is 3. The molecule has 3 rings (SSSR count). The molecule has 2 aromatic rings. The Morgan fingerprint density at radius 3 is 3.11 bits per heavy atom. The van der Waals surface area contributed by atoms with Crippen LogP contribution in [0.5, 0.6) is 5.88 Å². The van der Waals surface area contributed by atoms with Crippen molar-refractivity contribution in [3.05, 3.63) is 16.4 Å². The number of aromatic nitrogens is 4. The van der Waals surface area contributed by atoms with Crippen LogP contribution in [0.3, 0.4) is 0 Å². The number of halogens is 2. The quantitative estimate of drug-likeness (QED) is 0.692. The van der Waals surface area contributed by atoms with E-state index in [4.69, 9.17) is 27.9 Å². The maximum atomic E-state index is 6.01. The van der Waals surface area contributed by atoms with Gasteiger partial charge in [-0.3, -0.25) is 5.10 Å². The van der Waals surface area contributed by atoms with Crippen LogP contribution in [0.1, 0.15) is 6.42 Å². The molecule has 9 heteroatoms. The molecule has 0 saturated heterocycles. The lowest BCUT2D eigenvalue weighted by Gasteiger charge is -2.07. The Morgan fingerprint density at radius 1 is 1.32 bits per heavy atom. The first kappa shape index (κ1) is 12.3. The molecule has 0 spiro atoms. The Hall–Kier alpha value is -1.73. The Bertz CT molecular complexity index is 602. The summed E-state index contributed by atoms with van der Waals surface area (Å²) in [5.74, 6) is 1.33. The van der Waals surface area contributed by atoms with Gasteiger partial charge in [-0.25, -0.2) is 4.98 Å². The molecule has 0 unspecified atom stereocenters. The minimum Gasteiger partial charge on any atom is -0.475 e.